The number of carbonyl (C=O) groups is 1. The van der Waals surface area contributed by atoms with E-state index in [2.05, 4.69) is 16.3 Å². The van der Waals surface area contributed by atoms with Crippen LogP contribution in [0.4, 0.5) is 5.69 Å². The van der Waals surface area contributed by atoms with Crippen molar-refractivity contribution in [3.05, 3.63) is 23.8 Å². The minimum absolute atomic E-state index is 0.236. The first-order chi connectivity index (χ1) is 12.2. The predicted molar refractivity (Wildman–Crippen MR) is 101 cm³/mol. The molecule has 0 unspecified atom stereocenters. The van der Waals surface area contributed by atoms with E-state index in [9.17, 15) is 4.79 Å². The number of piperidine rings is 1. The quantitative estimate of drug-likeness (QED) is 0.859. The van der Waals surface area contributed by atoms with E-state index in [4.69, 9.17) is 4.74 Å². The number of nitrogens with zero attached hydrogens (tertiary/aromatic N) is 2. The van der Waals surface area contributed by atoms with Gasteiger partial charge in [0.25, 0.3) is 0 Å². The van der Waals surface area contributed by atoms with Gasteiger partial charge in [-0.05, 0) is 88.5 Å². The SMILES string of the molecule is CNCCC1CCN(CC(=O)N2CCCc3cc(OC)ccc32)CC1. The molecule has 0 atom stereocenters. The highest BCUT2D eigenvalue weighted by Gasteiger charge is 2.26. The number of hydrogen-bond acceptors (Lipinski definition) is 4. The standard InChI is InChI=1S/C20H31N3O2/c1-21-10-7-16-8-12-22(13-9-16)15-20(24)23-11-3-4-17-14-18(25-2)5-6-19(17)23/h5-6,14,16,21H,3-4,7-13,15H2,1-2H3. The van der Waals surface area contributed by atoms with E-state index in [0.29, 0.717) is 6.54 Å². The van der Waals surface area contributed by atoms with Crippen molar-refractivity contribution in [3.8, 4) is 5.75 Å². The molecule has 2 aliphatic heterocycles. The zero-order valence-electron chi connectivity index (χ0n) is 15.6. The monoisotopic (exact) mass is 345 g/mol. The third-order valence-electron chi connectivity index (χ3n) is 5.57. The number of aryl methyl sites for hydroxylation is 1. The molecule has 1 amide bonds. The molecule has 2 heterocycles. The van der Waals surface area contributed by atoms with E-state index in [1.807, 2.05) is 24.1 Å². The topological polar surface area (TPSA) is 44.8 Å². The van der Waals surface area contributed by atoms with Crippen molar-refractivity contribution in [1.29, 1.82) is 0 Å². The zero-order valence-corrected chi connectivity index (χ0v) is 15.6. The Morgan fingerprint density at radius 1 is 1.28 bits per heavy atom. The van der Waals surface area contributed by atoms with E-state index in [1.54, 1.807) is 7.11 Å². The summed E-state index contributed by atoms with van der Waals surface area (Å²) >= 11 is 0. The lowest BCUT2D eigenvalue weighted by atomic mass is 9.93. The number of anilines is 1. The normalized spacial score (nSPS) is 18.9. The van der Waals surface area contributed by atoms with Crippen LogP contribution in [0.5, 0.6) is 5.75 Å². The van der Waals surface area contributed by atoms with Gasteiger partial charge in [-0.3, -0.25) is 9.69 Å². The van der Waals surface area contributed by atoms with Gasteiger partial charge in [0.15, 0.2) is 0 Å². The lowest BCUT2D eigenvalue weighted by molar-refractivity contribution is -0.120. The molecule has 0 radical (unpaired) electrons. The van der Waals surface area contributed by atoms with Gasteiger partial charge in [0.2, 0.25) is 5.91 Å². The van der Waals surface area contributed by atoms with Gasteiger partial charge < -0.3 is 15.0 Å². The van der Waals surface area contributed by atoms with Crippen LogP contribution in [0, 0.1) is 5.92 Å². The molecule has 25 heavy (non-hydrogen) atoms. The number of methoxy groups -OCH3 is 1. The van der Waals surface area contributed by atoms with Crippen LogP contribution >= 0.6 is 0 Å². The Hall–Kier alpha value is -1.59. The number of carbonyl (C=O) groups excluding carboxylic acids is 1. The second-order valence-electron chi connectivity index (χ2n) is 7.26. The fourth-order valence-corrected chi connectivity index (χ4v) is 4.02. The lowest BCUT2D eigenvalue weighted by Crippen LogP contribution is -2.45. The van der Waals surface area contributed by atoms with Crippen LogP contribution in [0.3, 0.4) is 0 Å². The number of hydrogen-bond donors (Lipinski definition) is 1. The molecule has 0 aliphatic carbocycles. The number of likely N-dealkylation sites (tertiary alicyclic amines) is 1. The van der Waals surface area contributed by atoms with Gasteiger partial charge in [0, 0.05) is 12.2 Å². The summed E-state index contributed by atoms with van der Waals surface area (Å²) < 4.78 is 5.32. The number of nitrogens with one attached hydrogen (secondary N) is 1. The summed E-state index contributed by atoms with van der Waals surface area (Å²) in [5, 5.41) is 3.24. The van der Waals surface area contributed by atoms with Crippen molar-refractivity contribution in [2.24, 2.45) is 5.92 Å². The molecular weight excluding hydrogens is 314 g/mol. The number of rotatable bonds is 6. The molecule has 1 aromatic carbocycles. The number of benzene rings is 1. The van der Waals surface area contributed by atoms with Crippen molar-refractivity contribution in [1.82, 2.24) is 10.2 Å². The summed E-state index contributed by atoms with van der Waals surface area (Å²) in [5.41, 5.74) is 2.30. The molecule has 0 spiro atoms. The number of ether oxygens (including phenoxy) is 1. The Morgan fingerprint density at radius 2 is 2.08 bits per heavy atom. The Balaban J connectivity index is 1.56. The predicted octanol–water partition coefficient (Wildman–Crippen LogP) is 2.30. The molecule has 0 aromatic heterocycles. The van der Waals surface area contributed by atoms with E-state index in [0.717, 1.165) is 56.4 Å². The molecular formula is C20H31N3O2. The fraction of sp³-hybridized carbons (Fsp3) is 0.650. The number of amides is 1. The molecule has 5 nitrogen and oxygen atoms in total. The van der Waals surface area contributed by atoms with Crippen molar-refractivity contribution in [2.45, 2.75) is 32.1 Å². The van der Waals surface area contributed by atoms with Gasteiger partial charge >= 0.3 is 0 Å². The van der Waals surface area contributed by atoms with E-state index < -0.39 is 0 Å². The van der Waals surface area contributed by atoms with Crippen LogP contribution < -0.4 is 15.0 Å². The van der Waals surface area contributed by atoms with Crippen molar-refractivity contribution in [2.75, 3.05) is 51.8 Å². The maximum atomic E-state index is 12.9. The van der Waals surface area contributed by atoms with Gasteiger partial charge in [0.1, 0.15) is 5.75 Å². The zero-order chi connectivity index (χ0) is 17.6. The Kier molecular flexibility index (Phi) is 6.32. The molecule has 138 valence electrons. The Bertz CT molecular complexity index is 582. The highest BCUT2D eigenvalue weighted by atomic mass is 16.5. The van der Waals surface area contributed by atoms with Crippen LogP contribution in [0.1, 0.15) is 31.2 Å². The summed E-state index contributed by atoms with van der Waals surface area (Å²) in [7, 11) is 3.70. The summed E-state index contributed by atoms with van der Waals surface area (Å²) in [5.74, 6) is 1.92. The summed E-state index contributed by atoms with van der Waals surface area (Å²) in [6, 6.07) is 6.06. The smallest absolute Gasteiger partial charge is 0.241 e. The summed E-state index contributed by atoms with van der Waals surface area (Å²) in [6.07, 6.45) is 5.72. The third kappa shape index (κ3) is 4.53. The van der Waals surface area contributed by atoms with Crippen LogP contribution in [0.15, 0.2) is 18.2 Å². The first-order valence-corrected chi connectivity index (χ1v) is 9.55. The molecule has 1 N–H and O–H groups in total. The van der Waals surface area contributed by atoms with E-state index in [1.165, 1.54) is 24.8 Å². The third-order valence-corrected chi connectivity index (χ3v) is 5.57. The highest BCUT2D eigenvalue weighted by Crippen LogP contribution is 2.31. The maximum absolute atomic E-state index is 12.9. The average Bonchev–Trinajstić information content (AvgIpc) is 2.66. The minimum atomic E-state index is 0.236. The molecule has 0 saturated carbocycles. The summed E-state index contributed by atoms with van der Waals surface area (Å²) in [4.78, 5) is 17.2. The first kappa shape index (κ1) is 18.2. The second-order valence-corrected chi connectivity index (χ2v) is 7.26. The molecule has 1 saturated heterocycles. The Morgan fingerprint density at radius 3 is 2.80 bits per heavy atom. The van der Waals surface area contributed by atoms with Crippen molar-refractivity contribution in [3.63, 3.8) is 0 Å². The molecule has 1 fully saturated rings. The molecule has 0 bridgehead atoms. The average molecular weight is 345 g/mol. The van der Waals surface area contributed by atoms with Crippen LogP contribution in [0.2, 0.25) is 0 Å². The van der Waals surface area contributed by atoms with Gasteiger partial charge in [0.05, 0.1) is 13.7 Å². The van der Waals surface area contributed by atoms with Gasteiger partial charge in [-0.2, -0.15) is 0 Å². The fourth-order valence-electron chi connectivity index (χ4n) is 4.02. The van der Waals surface area contributed by atoms with E-state index in [-0.39, 0.29) is 5.91 Å². The van der Waals surface area contributed by atoms with Crippen molar-refractivity contribution >= 4 is 11.6 Å². The number of fused-ring (bicyclic) bond motifs is 1. The van der Waals surface area contributed by atoms with E-state index >= 15 is 0 Å². The largest absolute Gasteiger partial charge is 0.497 e. The van der Waals surface area contributed by atoms with Gasteiger partial charge in [-0.1, -0.05) is 0 Å². The van der Waals surface area contributed by atoms with Crippen LogP contribution in [-0.2, 0) is 11.2 Å². The first-order valence-electron chi connectivity index (χ1n) is 9.55. The minimum Gasteiger partial charge on any atom is -0.497 e. The van der Waals surface area contributed by atoms with Crippen LogP contribution in [-0.4, -0.2) is 57.7 Å². The van der Waals surface area contributed by atoms with Crippen molar-refractivity contribution < 1.29 is 9.53 Å². The lowest BCUT2D eigenvalue weighted by Gasteiger charge is -2.35. The van der Waals surface area contributed by atoms with Gasteiger partial charge in [-0.15, -0.1) is 0 Å². The highest BCUT2D eigenvalue weighted by molar-refractivity contribution is 5.96. The molecule has 2 aliphatic rings. The van der Waals surface area contributed by atoms with Gasteiger partial charge in [-0.25, -0.2) is 0 Å². The van der Waals surface area contributed by atoms with Crippen LogP contribution in [0.25, 0.3) is 0 Å². The molecule has 1 aromatic rings. The Labute approximate surface area is 151 Å². The second kappa shape index (κ2) is 8.68. The molecule has 3 rings (SSSR count). The maximum Gasteiger partial charge on any atom is 0.241 e. The molecule has 5 heteroatoms. The summed E-state index contributed by atoms with van der Waals surface area (Å²) in [6.45, 7) is 4.56.